The second kappa shape index (κ2) is 3.93. The third-order valence-corrected chi connectivity index (χ3v) is 3.47. The van der Waals surface area contributed by atoms with Crippen LogP contribution in [0.3, 0.4) is 0 Å². The Morgan fingerprint density at radius 2 is 2.11 bits per heavy atom. The first-order valence-electron chi connectivity index (χ1n) is 6.14. The number of imidazole rings is 1. The molecule has 0 fully saturated rings. The molecule has 0 spiro atoms. The summed E-state index contributed by atoms with van der Waals surface area (Å²) in [7, 11) is 0. The molecule has 5 nitrogen and oxygen atoms in total. The highest BCUT2D eigenvalue weighted by molar-refractivity contribution is 6.00. The molecule has 0 saturated heterocycles. The number of nitrogens with zero attached hydrogens (tertiary/aromatic N) is 3. The predicted molar refractivity (Wildman–Crippen MR) is 72.6 cm³/mol. The summed E-state index contributed by atoms with van der Waals surface area (Å²) in [5, 5.41) is 22.3. The van der Waals surface area contributed by atoms with Gasteiger partial charge in [0.05, 0.1) is 29.4 Å². The van der Waals surface area contributed by atoms with Crippen LogP contribution in [0.5, 0.6) is 0 Å². The van der Waals surface area contributed by atoms with Crippen molar-refractivity contribution in [3.8, 4) is 0 Å². The quantitative estimate of drug-likeness (QED) is 0.559. The fourth-order valence-electron chi connectivity index (χ4n) is 2.31. The molecule has 0 bridgehead atoms. The third-order valence-electron chi connectivity index (χ3n) is 3.47. The SMILES string of the molecule is CC(C)(CO)n1cnc2c[n+]([O-])c3ccccc3c21. The smallest absolute Gasteiger partial charge is 0.226 e. The van der Waals surface area contributed by atoms with Crippen molar-refractivity contribution in [1.29, 1.82) is 0 Å². The molecule has 0 amide bonds. The number of aromatic nitrogens is 3. The molecule has 1 aromatic carbocycles. The van der Waals surface area contributed by atoms with E-state index in [2.05, 4.69) is 4.98 Å². The molecule has 0 aliphatic rings. The van der Waals surface area contributed by atoms with Crippen molar-refractivity contribution in [2.24, 2.45) is 0 Å². The Morgan fingerprint density at radius 3 is 2.84 bits per heavy atom. The van der Waals surface area contributed by atoms with Crippen LogP contribution in [0.4, 0.5) is 0 Å². The summed E-state index contributed by atoms with van der Waals surface area (Å²) >= 11 is 0. The summed E-state index contributed by atoms with van der Waals surface area (Å²) in [4.78, 5) is 4.27. The van der Waals surface area contributed by atoms with Crippen molar-refractivity contribution >= 4 is 21.9 Å². The zero-order chi connectivity index (χ0) is 13.6. The van der Waals surface area contributed by atoms with Crippen LogP contribution in [0.1, 0.15) is 13.8 Å². The number of pyridine rings is 1. The van der Waals surface area contributed by atoms with Crippen molar-refractivity contribution < 1.29 is 9.84 Å². The van der Waals surface area contributed by atoms with E-state index in [0.29, 0.717) is 11.0 Å². The van der Waals surface area contributed by atoms with E-state index in [4.69, 9.17) is 0 Å². The van der Waals surface area contributed by atoms with Gasteiger partial charge < -0.3 is 14.9 Å². The second-order valence-corrected chi connectivity index (χ2v) is 5.29. The van der Waals surface area contributed by atoms with Crippen molar-refractivity contribution in [1.82, 2.24) is 9.55 Å². The van der Waals surface area contributed by atoms with Crippen LogP contribution in [0.25, 0.3) is 21.9 Å². The monoisotopic (exact) mass is 257 g/mol. The second-order valence-electron chi connectivity index (χ2n) is 5.29. The Hall–Kier alpha value is -2.14. The largest absolute Gasteiger partial charge is 0.618 e. The van der Waals surface area contributed by atoms with E-state index in [0.717, 1.165) is 15.6 Å². The van der Waals surface area contributed by atoms with Crippen molar-refractivity contribution in [2.75, 3.05) is 6.61 Å². The van der Waals surface area contributed by atoms with Crippen molar-refractivity contribution in [2.45, 2.75) is 19.4 Å². The summed E-state index contributed by atoms with van der Waals surface area (Å²) < 4.78 is 2.76. The van der Waals surface area contributed by atoms with Crippen LogP contribution in [-0.2, 0) is 5.54 Å². The van der Waals surface area contributed by atoms with Gasteiger partial charge in [-0.3, -0.25) is 0 Å². The molecule has 3 aromatic rings. The highest BCUT2D eigenvalue weighted by Gasteiger charge is 2.24. The highest BCUT2D eigenvalue weighted by Crippen LogP contribution is 2.26. The number of hydrogen-bond donors (Lipinski definition) is 1. The van der Waals surface area contributed by atoms with Crippen molar-refractivity contribution in [3.63, 3.8) is 0 Å². The molecule has 1 N–H and O–H groups in total. The number of rotatable bonds is 2. The molecule has 0 saturated carbocycles. The molecule has 2 aromatic heterocycles. The molecule has 19 heavy (non-hydrogen) atoms. The lowest BCUT2D eigenvalue weighted by atomic mass is 10.1. The Balaban J connectivity index is 2.48. The van der Waals surface area contributed by atoms with Crippen LogP contribution in [0.15, 0.2) is 36.8 Å². The van der Waals surface area contributed by atoms with Gasteiger partial charge in [0.2, 0.25) is 11.7 Å². The average molecular weight is 257 g/mol. The summed E-state index contributed by atoms with van der Waals surface area (Å²) in [6.07, 6.45) is 3.15. The Kier molecular flexibility index (Phi) is 2.46. The van der Waals surface area contributed by atoms with Gasteiger partial charge in [-0.1, -0.05) is 12.1 Å². The lowest BCUT2D eigenvalue weighted by molar-refractivity contribution is -0.575. The maximum absolute atomic E-state index is 11.9. The van der Waals surface area contributed by atoms with Crippen LogP contribution < -0.4 is 4.73 Å². The van der Waals surface area contributed by atoms with Crippen LogP contribution >= 0.6 is 0 Å². The summed E-state index contributed by atoms with van der Waals surface area (Å²) in [6.45, 7) is 3.86. The normalized spacial score (nSPS) is 12.4. The molecule has 0 aliphatic heterocycles. The van der Waals surface area contributed by atoms with E-state index >= 15 is 0 Å². The lowest BCUT2D eigenvalue weighted by Crippen LogP contribution is -2.31. The Labute approximate surface area is 110 Å². The van der Waals surface area contributed by atoms with E-state index < -0.39 is 5.54 Å². The predicted octanol–water partition coefficient (Wildman–Crippen LogP) is 1.55. The molecule has 2 heterocycles. The number of aliphatic hydroxyl groups excluding tert-OH is 1. The molecule has 98 valence electrons. The fraction of sp³-hybridized carbons (Fsp3) is 0.286. The minimum atomic E-state index is -0.466. The van der Waals surface area contributed by atoms with Crippen molar-refractivity contribution in [3.05, 3.63) is 42.0 Å². The van der Waals surface area contributed by atoms with E-state index in [1.807, 2.05) is 36.6 Å². The van der Waals surface area contributed by atoms with E-state index in [-0.39, 0.29) is 6.61 Å². The van der Waals surface area contributed by atoms with Crippen LogP contribution in [-0.4, -0.2) is 21.3 Å². The first kappa shape index (κ1) is 11.9. The zero-order valence-electron chi connectivity index (χ0n) is 10.9. The highest BCUT2D eigenvalue weighted by atomic mass is 16.5. The van der Waals surface area contributed by atoms with Gasteiger partial charge in [0.15, 0.2) is 5.52 Å². The van der Waals surface area contributed by atoms with E-state index in [1.165, 1.54) is 6.20 Å². The van der Waals surface area contributed by atoms with Gasteiger partial charge in [-0.2, -0.15) is 4.73 Å². The van der Waals surface area contributed by atoms with Gasteiger partial charge in [-0.15, -0.1) is 0 Å². The van der Waals surface area contributed by atoms with E-state index in [1.54, 1.807) is 12.4 Å². The molecule has 0 radical (unpaired) electrons. The molecular weight excluding hydrogens is 242 g/mol. The van der Waals surface area contributed by atoms with Gasteiger partial charge in [-0.25, -0.2) is 4.98 Å². The minimum Gasteiger partial charge on any atom is -0.618 e. The number of aliphatic hydroxyl groups is 1. The zero-order valence-corrected chi connectivity index (χ0v) is 10.9. The number of para-hydroxylation sites is 1. The number of benzene rings is 1. The fourth-order valence-corrected chi connectivity index (χ4v) is 2.31. The van der Waals surface area contributed by atoms with Gasteiger partial charge >= 0.3 is 0 Å². The summed E-state index contributed by atoms with van der Waals surface area (Å²) in [5.74, 6) is 0. The maximum atomic E-state index is 11.9. The molecule has 3 rings (SSSR count). The molecule has 0 unspecified atom stereocenters. The first-order chi connectivity index (χ1) is 9.04. The summed E-state index contributed by atoms with van der Waals surface area (Å²) in [5.41, 5.74) is 1.65. The molecule has 0 atom stereocenters. The van der Waals surface area contributed by atoms with Gasteiger partial charge in [-0.05, 0) is 19.9 Å². The number of fused-ring (bicyclic) bond motifs is 3. The standard InChI is InChI=1S/C14H15N3O2/c1-14(2,8-18)16-9-15-11-7-17(19)12-6-4-3-5-10(12)13(11)16/h3-7,9,18H,8H2,1-2H3. The Bertz CT molecular complexity index is 762. The first-order valence-corrected chi connectivity index (χ1v) is 6.14. The molecule has 5 heteroatoms. The van der Waals surface area contributed by atoms with Crippen LogP contribution in [0, 0.1) is 5.21 Å². The number of hydrogen-bond acceptors (Lipinski definition) is 3. The Morgan fingerprint density at radius 1 is 1.37 bits per heavy atom. The van der Waals surface area contributed by atoms with Gasteiger partial charge in [0, 0.05) is 6.07 Å². The van der Waals surface area contributed by atoms with Crippen LogP contribution in [0.2, 0.25) is 0 Å². The maximum Gasteiger partial charge on any atom is 0.226 e. The molecular formula is C14H15N3O2. The average Bonchev–Trinajstić information content (AvgIpc) is 2.83. The third kappa shape index (κ3) is 1.66. The minimum absolute atomic E-state index is 0.000936. The van der Waals surface area contributed by atoms with Gasteiger partial charge in [0.25, 0.3) is 0 Å². The summed E-state index contributed by atoms with van der Waals surface area (Å²) in [6, 6.07) is 7.41. The van der Waals surface area contributed by atoms with Gasteiger partial charge in [0.1, 0.15) is 0 Å². The molecule has 0 aliphatic carbocycles. The van der Waals surface area contributed by atoms with E-state index in [9.17, 15) is 10.3 Å². The lowest BCUT2D eigenvalue weighted by Gasteiger charge is -2.24. The topological polar surface area (TPSA) is 65.0 Å².